The van der Waals surface area contributed by atoms with E-state index < -0.39 is 15.8 Å². The summed E-state index contributed by atoms with van der Waals surface area (Å²) in [6.45, 7) is 0.993. The molecule has 88 valence electrons. The Balaban J connectivity index is 2.35. The zero-order chi connectivity index (χ0) is 11.6. The fraction of sp³-hybridized carbons (Fsp3) is 0.455. The third-order valence-electron chi connectivity index (χ3n) is 2.77. The lowest BCUT2D eigenvalue weighted by Gasteiger charge is -2.25. The van der Waals surface area contributed by atoms with Crippen LogP contribution < -0.4 is 0 Å². The molecule has 0 aliphatic carbocycles. The predicted octanol–water partition coefficient (Wildman–Crippen LogP) is 2.00. The van der Waals surface area contributed by atoms with E-state index in [1.165, 1.54) is 22.5 Å². The van der Waals surface area contributed by atoms with E-state index in [1.54, 1.807) is 6.07 Å². The molecule has 0 unspecified atom stereocenters. The maximum absolute atomic E-state index is 13.4. The van der Waals surface area contributed by atoms with Crippen LogP contribution in [0.2, 0.25) is 0 Å². The third-order valence-corrected chi connectivity index (χ3v) is 4.70. The average Bonchev–Trinajstić information content (AvgIpc) is 2.30. The molecule has 0 saturated carbocycles. The second-order valence-corrected chi connectivity index (χ2v) is 5.80. The van der Waals surface area contributed by atoms with Crippen LogP contribution in [0.3, 0.4) is 0 Å². The van der Waals surface area contributed by atoms with E-state index in [1.807, 2.05) is 0 Å². The highest BCUT2D eigenvalue weighted by Crippen LogP contribution is 2.22. The number of halogens is 1. The van der Waals surface area contributed by atoms with Gasteiger partial charge in [-0.15, -0.1) is 0 Å². The highest BCUT2D eigenvalue weighted by molar-refractivity contribution is 7.89. The standard InChI is InChI=1S/C11H14FNO2S/c12-10-6-2-3-7-11(10)16(14,15)13-8-4-1-5-9-13/h2-3,6-7H,1,4-5,8-9H2. The molecular formula is C11H14FNO2S. The van der Waals surface area contributed by atoms with Gasteiger partial charge in [0.1, 0.15) is 10.7 Å². The second kappa shape index (κ2) is 4.51. The largest absolute Gasteiger partial charge is 0.245 e. The number of hydrogen-bond donors (Lipinski definition) is 0. The molecule has 0 atom stereocenters. The van der Waals surface area contributed by atoms with Crippen LogP contribution in [-0.2, 0) is 10.0 Å². The van der Waals surface area contributed by atoms with Crippen molar-refractivity contribution in [3.63, 3.8) is 0 Å². The summed E-state index contributed by atoms with van der Waals surface area (Å²) in [5, 5.41) is 0. The summed E-state index contributed by atoms with van der Waals surface area (Å²) in [5.41, 5.74) is 0. The van der Waals surface area contributed by atoms with Gasteiger partial charge in [-0.05, 0) is 25.0 Å². The molecule has 0 N–H and O–H groups in total. The molecule has 0 radical (unpaired) electrons. The van der Waals surface area contributed by atoms with Crippen LogP contribution in [0, 0.1) is 5.82 Å². The van der Waals surface area contributed by atoms with Crippen molar-refractivity contribution in [2.45, 2.75) is 24.2 Å². The number of nitrogens with zero attached hydrogens (tertiary/aromatic N) is 1. The minimum atomic E-state index is -3.63. The molecule has 1 aromatic carbocycles. The van der Waals surface area contributed by atoms with Crippen LogP contribution in [0.4, 0.5) is 4.39 Å². The normalized spacial score (nSPS) is 18.6. The molecule has 0 spiro atoms. The van der Waals surface area contributed by atoms with Gasteiger partial charge in [0.15, 0.2) is 0 Å². The maximum atomic E-state index is 13.4. The van der Waals surface area contributed by atoms with Gasteiger partial charge in [-0.2, -0.15) is 4.31 Å². The van der Waals surface area contributed by atoms with E-state index in [2.05, 4.69) is 0 Å². The van der Waals surface area contributed by atoms with E-state index in [-0.39, 0.29) is 4.90 Å². The van der Waals surface area contributed by atoms with Crippen LogP contribution in [0.5, 0.6) is 0 Å². The van der Waals surface area contributed by atoms with E-state index in [4.69, 9.17) is 0 Å². The van der Waals surface area contributed by atoms with Gasteiger partial charge in [0, 0.05) is 13.1 Å². The number of piperidine rings is 1. The van der Waals surface area contributed by atoms with Crippen molar-refractivity contribution >= 4 is 10.0 Å². The van der Waals surface area contributed by atoms with Crippen LogP contribution in [0.15, 0.2) is 29.2 Å². The van der Waals surface area contributed by atoms with Gasteiger partial charge in [-0.3, -0.25) is 0 Å². The summed E-state index contributed by atoms with van der Waals surface area (Å²) in [4.78, 5) is -0.211. The zero-order valence-corrected chi connectivity index (χ0v) is 9.71. The number of hydrogen-bond acceptors (Lipinski definition) is 2. The van der Waals surface area contributed by atoms with Gasteiger partial charge in [-0.1, -0.05) is 18.6 Å². The summed E-state index contributed by atoms with van der Waals surface area (Å²) in [7, 11) is -3.63. The molecule has 1 heterocycles. The molecule has 2 rings (SSSR count). The first-order valence-electron chi connectivity index (χ1n) is 5.37. The van der Waals surface area contributed by atoms with Gasteiger partial charge < -0.3 is 0 Å². The fourth-order valence-electron chi connectivity index (χ4n) is 1.90. The first-order valence-corrected chi connectivity index (χ1v) is 6.81. The number of sulfonamides is 1. The van der Waals surface area contributed by atoms with E-state index >= 15 is 0 Å². The molecule has 16 heavy (non-hydrogen) atoms. The highest BCUT2D eigenvalue weighted by atomic mass is 32.2. The van der Waals surface area contributed by atoms with Crippen molar-refractivity contribution in [3.8, 4) is 0 Å². The smallest absolute Gasteiger partial charge is 0.207 e. The Kier molecular flexibility index (Phi) is 3.25. The van der Waals surface area contributed by atoms with E-state index in [9.17, 15) is 12.8 Å². The van der Waals surface area contributed by atoms with Crippen LogP contribution in [0.25, 0.3) is 0 Å². The molecule has 0 bridgehead atoms. The highest BCUT2D eigenvalue weighted by Gasteiger charge is 2.27. The van der Waals surface area contributed by atoms with Gasteiger partial charge in [-0.25, -0.2) is 12.8 Å². The van der Waals surface area contributed by atoms with Gasteiger partial charge in [0.2, 0.25) is 10.0 Å². The summed E-state index contributed by atoms with van der Waals surface area (Å²) in [6.07, 6.45) is 2.75. The van der Waals surface area contributed by atoms with Gasteiger partial charge >= 0.3 is 0 Å². The Morgan fingerprint density at radius 2 is 1.69 bits per heavy atom. The molecule has 0 amide bonds. The molecule has 3 nitrogen and oxygen atoms in total. The lowest BCUT2D eigenvalue weighted by molar-refractivity contribution is 0.345. The maximum Gasteiger partial charge on any atom is 0.245 e. The molecule has 5 heteroatoms. The zero-order valence-electron chi connectivity index (χ0n) is 8.89. The van der Waals surface area contributed by atoms with Crippen LogP contribution in [-0.4, -0.2) is 25.8 Å². The summed E-state index contributed by atoms with van der Waals surface area (Å²) < 4.78 is 39.0. The van der Waals surface area contributed by atoms with Gasteiger partial charge in [0.05, 0.1) is 0 Å². The Labute approximate surface area is 94.9 Å². The molecule has 1 aromatic rings. The van der Waals surface area contributed by atoms with E-state index in [0.29, 0.717) is 13.1 Å². The van der Waals surface area contributed by atoms with Crippen molar-refractivity contribution < 1.29 is 12.8 Å². The number of rotatable bonds is 2. The Hall–Kier alpha value is -0.940. The first-order chi connectivity index (χ1) is 7.62. The van der Waals surface area contributed by atoms with Crippen molar-refractivity contribution in [1.82, 2.24) is 4.31 Å². The van der Waals surface area contributed by atoms with Crippen LogP contribution >= 0.6 is 0 Å². The van der Waals surface area contributed by atoms with Crippen molar-refractivity contribution in [2.75, 3.05) is 13.1 Å². The molecular weight excluding hydrogens is 229 g/mol. The summed E-state index contributed by atoms with van der Waals surface area (Å²) in [5.74, 6) is -0.673. The lowest BCUT2D eigenvalue weighted by Crippen LogP contribution is -2.36. The molecule has 1 aliphatic rings. The quantitative estimate of drug-likeness (QED) is 0.796. The Bertz CT molecular complexity index is 467. The number of benzene rings is 1. The second-order valence-electron chi connectivity index (χ2n) is 3.90. The first kappa shape index (κ1) is 11.5. The summed E-state index contributed by atoms with van der Waals surface area (Å²) >= 11 is 0. The fourth-order valence-corrected chi connectivity index (χ4v) is 3.48. The monoisotopic (exact) mass is 243 g/mol. The Morgan fingerprint density at radius 1 is 1.06 bits per heavy atom. The van der Waals surface area contributed by atoms with Crippen molar-refractivity contribution in [1.29, 1.82) is 0 Å². The van der Waals surface area contributed by atoms with Crippen molar-refractivity contribution in [2.24, 2.45) is 0 Å². The predicted molar refractivity (Wildman–Crippen MR) is 59.0 cm³/mol. The molecule has 1 fully saturated rings. The van der Waals surface area contributed by atoms with E-state index in [0.717, 1.165) is 19.3 Å². The lowest BCUT2D eigenvalue weighted by atomic mass is 10.2. The van der Waals surface area contributed by atoms with Crippen molar-refractivity contribution in [3.05, 3.63) is 30.1 Å². The molecule has 0 aromatic heterocycles. The third kappa shape index (κ3) is 2.10. The molecule has 1 saturated heterocycles. The van der Waals surface area contributed by atoms with Crippen LogP contribution in [0.1, 0.15) is 19.3 Å². The summed E-state index contributed by atoms with van der Waals surface area (Å²) in [6, 6.07) is 5.53. The average molecular weight is 243 g/mol. The SMILES string of the molecule is O=S(=O)(c1ccccc1F)N1CCCCC1. The molecule has 1 aliphatic heterocycles. The minimum absolute atomic E-state index is 0.211. The van der Waals surface area contributed by atoms with Gasteiger partial charge in [0.25, 0.3) is 0 Å². The topological polar surface area (TPSA) is 37.4 Å². The Morgan fingerprint density at radius 3 is 2.31 bits per heavy atom. The minimum Gasteiger partial charge on any atom is -0.207 e.